The summed E-state index contributed by atoms with van der Waals surface area (Å²) in [5.74, 6) is 2.20. The van der Waals surface area contributed by atoms with Gasteiger partial charge in [0.1, 0.15) is 5.75 Å². The minimum Gasteiger partial charge on any atom is -0.493 e. The van der Waals surface area contributed by atoms with Crippen LogP contribution in [0.3, 0.4) is 0 Å². The van der Waals surface area contributed by atoms with E-state index in [-0.39, 0.29) is 0 Å². The molecule has 0 N–H and O–H groups in total. The van der Waals surface area contributed by atoms with Gasteiger partial charge in [-0.25, -0.2) is 0 Å². The van der Waals surface area contributed by atoms with Crippen molar-refractivity contribution < 1.29 is 4.74 Å². The summed E-state index contributed by atoms with van der Waals surface area (Å²) in [4.78, 5) is 6.28. The molecule has 116 valence electrons. The lowest BCUT2D eigenvalue weighted by molar-refractivity contribution is 0.205. The van der Waals surface area contributed by atoms with Gasteiger partial charge >= 0.3 is 0 Å². The zero-order chi connectivity index (χ0) is 14.5. The quantitative estimate of drug-likeness (QED) is 0.774. The largest absolute Gasteiger partial charge is 0.493 e. The lowest BCUT2D eigenvalue weighted by Gasteiger charge is -2.27. The molecule has 3 nitrogen and oxygen atoms in total. The highest BCUT2D eigenvalue weighted by Crippen LogP contribution is 2.36. The second kappa shape index (κ2) is 7.41. The van der Waals surface area contributed by atoms with Crippen LogP contribution in [0.15, 0.2) is 23.1 Å². The highest BCUT2D eigenvalue weighted by atomic mass is 32.2. The lowest BCUT2D eigenvalue weighted by atomic mass is 10.1. The molecule has 0 bridgehead atoms. The average Bonchev–Trinajstić information content (AvgIpc) is 2.53. The minimum atomic E-state index is 0.826. The van der Waals surface area contributed by atoms with E-state index in [9.17, 15) is 0 Å². The summed E-state index contributed by atoms with van der Waals surface area (Å²) in [6, 6.07) is 6.52. The van der Waals surface area contributed by atoms with Gasteiger partial charge in [-0.3, -0.25) is 0 Å². The van der Waals surface area contributed by atoms with Crippen molar-refractivity contribution in [2.45, 2.75) is 30.6 Å². The Balaban J connectivity index is 1.46. The minimum absolute atomic E-state index is 0.826. The van der Waals surface area contributed by atoms with Gasteiger partial charge in [0.15, 0.2) is 0 Å². The molecule has 0 radical (unpaired) electrons. The maximum Gasteiger partial charge on any atom is 0.121 e. The molecule has 0 spiro atoms. The van der Waals surface area contributed by atoms with Crippen LogP contribution in [0.4, 0.5) is 5.69 Å². The fourth-order valence-corrected chi connectivity index (χ4v) is 4.19. The second-order valence-electron chi connectivity index (χ2n) is 6.00. The number of nitrogens with zero attached hydrogens (tertiary/aromatic N) is 2. The lowest BCUT2D eigenvalue weighted by Crippen LogP contribution is -2.31. The highest BCUT2D eigenvalue weighted by Gasteiger charge is 2.15. The number of fused-ring (bicyclic) bond motifs is 1. The summed E-state index contributed by atoms with van der Waals surface area (Å²) >= 11 is 1.94. The van der Waals surface area contributed by atoms with Crippen LogP contribution in [0, 0.1) is 0 Å². The van der Waals surface area contributed by atoms with Gasteiger partial charge in [0.25, 0.3) is 0 Å². The maximum absolute atomic E-state index is 5.95. The Hall–Kier alpha value is -0.870. The second-order valence-corrected chi connectivity index (χ2v) is 7.14. The number of benzene rings is 1. The Morgan fingerprint density at radius 3 is 2.86 bits per heavy atom. The molecule has 3 rings (SSSR count). The Morgan fingerprint density at radius 2 is 2.00 bits per heavy atom. The molecule has 0 amide bonds. The first-order valence-corrected chi connectivity index (χ1v) is 9.14. The molecule has 0 aliphatic carbocycles. The van der Waals surface area contributed by atoms with Gasteiger partial charge in [-0.05, 0) is 44.5 Å². The first-order valence-electron chi connectivity index (χ1n) is 8.16. The predicted molar refractivity (Wildman–Crippen MR) is 90.8 cm³/mol. The number of thioether (sulfide) groups is 1. The van der Waals surface area contributed by atoms with E-state index in [1.807, 2.05) is 11.8 Å². The predicted octanol–water partition coefficient (Wildman–Crippen LogP) is 3.48. The van der Waals surface area contributed by atoms with Crippen LogP contribution >= 0.6 is 11.8 Å². The number of rotatable bonds is 5. The van der Waals surface area contributed by atoms with E-state index in [0.29, 0.717) is 0 Å². The molecule has 21 heavy (non-hydrogen) atoms. The third-order valence-corrected chi connectivity index (χ3v) is 5.40. The molecule has 0 saturated carbocycles. The van der Waals surface area contributed by atoms with Gasteiger partial charge in [0.05, 0.1) is 12.3 Å². The van der Waals surface area contributed by atoms with Gasteiger partial charge in [0, 0.05) is 36.9 Å². The summed E-state index contributed by atoms with van der Waals surface area (Å²) in [5.41, 5.74) is 1.32. The highest BCUT2D eigenvalue weighted by molar-refractivity contribution is 7.99. The Bertz CT molecular complexity index is 460. The molecular formula is C17H26N2OS. The first-order chi connectivity index (χ1) is 10.3. The van der Waals surface area contributed by atoms with Gasteiger partial charge in [-0.1, -0.05) is 6.42 Å². The number of anilines is 1. The molecule has 0 unspecified atom stereocenters. The number of hydrogen-bond acceptors (Lipinski definition) is 4. The monoisotopic (exact) mass is 306 g/mol. The van der Waals surface area contributed by atoms with Crippen molar-refractivity contribution in [1.82, 2.24) is 4.90 Å². The zero-order valence-electron chi connectivity index (χ0n) is 13.0. The Labute approximate surface area is 132 Å². The van der Waals surface area contributed by atoms with E-state index >= 15 is 0 Å². The Morgan fingerprint density at radius 1 is 1.14 bits per heavy atom. The summed E-state index contributed by atoms with van der Waals surface area (Å²) in [5, 5.41) is 0. The summed E-state index contributed by atoms with van der Waals surface area (Å²) in [6.07, 6.45) is 5.28. The fraction of sp³-hybridized carbons (Fsp3) is 0.647. The smallest absolute Gasteiger partial charge is 0.121 e. The summed E-state index contributed by atoms with van der Waals surface area (Å²) in [7, 11) is 2.17. The van der Waals surface area contributed by atoms with Crippen LogP contribution < -0.4 is 9.64 Å². The van der Waals surface area contributed by atoms with E-state index in [0.717, 1.165) is 25.3 Å². The molecular weight excluding hydrogens is 280 g/mol. The third kappa shape index (κ3) is 4.07. The van der Waals surface area contributed by atoms with Crippen molar-refractivity contribution in [2.24, 2.45) is 0 Å². The number of hydrogen-bond donors (Lipinski definition) is 0. The van der Waals surface area contributed by atoms with Crippen molar-refractivity contribution >= 4 is 17.4 Å². The molecule has 2 heterocycles. The molecule has 1 fully saturated rings. The van der Waals surface area contributed by atoms with E-state index < -0.39 is 0 Å². The molecule has 1 saturated heterocycles. The van der Waals surface area contributed by atoms with E-state index in [1.165, 1.54) is 55.2 Å². The summed E-state index contributed by atoms with van der Waals surface area (Å²) in [6.45, 7) is 5.69. The third-order valence-electron chi connectivity index (χ3n) is 4.36. The van der Waals surface area contributed by atoms with E-state index in [4.69, 9.17) is 4.74 Å². The van der Waals surface area contributed by atoms with Gasteiger partial charge in [0.2, 0.25) is 0 Å². The zero-order valence-corrected chi connectivity index (χ0v) is 13.8. The van der Waals surface area contributed by atoms with Crippen molar-refractivity contribution in [3.8, 4) is 5.75 Å². The topological polar surface area (TPSA) is 15.7 Å². The molecule has 2 aliphatic heterocycles. The van der Waals surface area contributed by atoms with Crippen LogP contribution in [0.5, 0.6) is 5.75 Å². The molecule has 2 aliphatic rings. The van der Waals surface area contributed by atoms with Gasteiger partial charge in [-0.15, -0.1) is 11.8 Å². The van der Waals surface area contributed by atoms with Crippen LogP contribution in [0.1, 0.15) is 25.7 Å². The standard InChI is InChI=1S/C17H26N2OS/c1-18-11-13-21-17-7-6-15(14-16(17)18)20-12-5-10-19-8-3-2-4-9-19/h6-7,14H,2-5,8-13H2,1H3. The Kier molecular flexibility index (Phi) is 5.31. The molecule has 1 aromatic rings. The average molecular weight is 306 g/mol. The number of piperidine rings is 1. The maximum atomic E-state index is 5.95. The van der Waals surface area contributed by atoms with Crippen molar-refractivity contribution in [3.63, 3.8) is 0 Å². The van der Waals surface area contributed by atoms with Crippen LogP contribution in [-0.2, 0) is 0 Å². The molecule has 0 atom stereocenters. The van der Waals surface area contributed by atoms with Crippen LogP contribution in [0.25, 0.3) is 0 Å². The van der Waals surface area contributed by atoms with Crippen molar-refractivity contribution in [2.75, 3.05) is 50.5 Å². The van der Waals surface area contributed by atoms with Gasteiger partial charge < -0.3 is 14.5 Å². The first kappa shape index (κ1) is 15.0. The van der Waals surface area contributed by atoms with E-state index in [2.05, 4.69) is 35.0 Å². The molecule has 4 heteroatoms. The van der Waals surface area contributed by atoms with Crippen molar-refractivity contribution in [3.05, 3.63) is 18.2 Å². The number of likely N-dealkylation sites (tertiary alicyclic amines) is 1. The molecule has 1 aromatic carbocycles. The molecule has 0 aromatic heterocycles. The van der Waals surface area contributed by atoms with Gasteiger partial charge in [-0.2, -0.15) is 0 Å². The normalized spacial score (nSPS) is 19.4. The van der Waals surface area contributed by atoms with E-state index in [1.54, 1.807) is 0 Å². The van der Waals surface area contributed by atoms with Crippen molar-refractivity contribution in [1.29, 1.82) is 0 Å². The SMILES string of the molecule is CN1CCSc2ccc(OCCCN3CCCCC3)cc21. The fourth-order valence-electron chi connectivity index (χ4n) is 3.08. The number of ether oxygens (including phenoxy) is 1. The van der Waals surface area contributed by atoms with Crippen LogP contribution in [-0.4, -0.2) is 50.5 Å². The van der Waals surface area contributed by atoms with Crippen LogP contribution in [0.2, 0.25) is 0 Å². The summed E-state index contributed by atoms with van der Waals surface area (Å²) < 4.78 is 5.95.